The Morgan fingerprint density at radius 2 is 2.08 bits per heavy atom. The van der Waals surface area contributed by atoms with Crippen LogP contribution < -0.4 is 5.73 Å². The monoisotopic (exact) mass is 182 g/mol. The van der Waals surface area contributed by atoms with Crippen LogP contribution in [-0.2, 0) is 12.8 Å². The first-order valence-electron chi connectivity index (χ1n) is 4.66. The number of fused-ring (bicyclic) bond motifs is 1. The summed E-state index contributed by atoms with van der Waals surface area (Å²) < 4.78 is 0. The topological polar surface area (TPSA) is 27.6 Å². The van der Waals surface area contributed by atoms with E-state index in [1.807, 2.05) is 11.3 Å². The minimum absolute atomic E-state index is 0.660. The van der Waals surface area contributed by atoms with Gasteiger partial charge in [0.25, 0.3) is 0 Å². The molecule has 0 fully saturated rings. The van der Waals surface area contributed by atoms with Gasteiger partial charge in [-0.2, -0.15) is 0 Å². The highest BCUT2D eigenvalue weighted by atomic mass is 32.1. The largest absolute Gasteiger partial charge is 0.324 e. The van der Waals surface area contributed by atoms with Crippen molar-refractivity contribution in [2.24, 2.45) is 0 Å². The molecule has 1 aliphatic rings. The van der Waals surface area contributed by atoms with E-state index >= 15 is 0 Å². The lowest BCUT2D eigenvalue weighted by Crippen LogP contribution is -2.42. The van der Waals surface area contributed by atoms with Crippen LogP contribution in [0.3, 0.4) is 0 Å². The number of rotatable bonds is 1. The second kappa shape index (κ2) is 2.86. The highest BCUT2D eigenvalue weighted by Crippen LogP contribution is 2.39. The van der Waals surface area contributed by atoms with E-state index < -0.39 is 0 Å². The van der Waals surface area contributed by atoms with Gasteiger partial charge in [0.2, 0.25) is 0 Å². The molecule has 0 saturated heterocycles. The molecule has 0 aliphatic heterocycles. The van der Waals surface area contributed by atoms with Gasteiger partial charge in [-0.25, -0.2) is 0 Å². The second-order valence-corrected chi connectivity index (χ2v) is 4.99. The predicted octanol–water partition coefficient (Wildman–Crippen LogP) is 2.23. The van der Waals surface area contributed by atoms with Crippen molar-refractivity contribution in [3.8, 4) is 0 Å². The van der Waals surface area contributed by atoms with Crippen molar-refractivity contribution in [2.75, 3.05) is 0 Å². The summed E-state index contributed by atoms with van der Waals surface area (Å²) in [7, 11) is 0. The summed E-state index contributed by atoms with van der Waals surface area (Å²) in [4.78, 5) is 3.13. The third-order valence-electron chi connectivity index (χ3n) is 2.59. The number of aryl methyl sites for hydroxylation is 1. The van der Waals surface area contributed by atoms with Crippen LogP contribution in [0.5, 0.6) is 0 Å². The third-order valence-corrected chi connectivity index (χ3v) is 4.22. The van der Waals surface area contributed by atoms with Crippen LogP contribution in [0, 0.1) is 0 Å². The molecule has 66 valence electrons. The Morgan fingerprint density at radius 1 is 1.33 bits per heavy atom. The third kappa shape index (κ3) is 1.10. The van der Waals surface area contributed by atoms with Crippen LogP contribution in [-0.4, -0.2) is 0 Å². The highest BCUT2D eigenvalue weighted by molar-refractivity contribution is 7.12. The molecular weight excluding hydrogens is 166 g/mol. The van der Waals surface area contributed by atoms with Gasteiger partial charge >= 0.3 is 0 Å². The van der Waals surface area contributed by atoms with Gasteiger partial charge in [-0.1, -0.05) is 13.8 Å². The van der Waals surface area contributed by atoms with Gasteiger partial charge in [0, 0.05) is 10.4 Å². The maximum atomic E-state index is 4.18. The Hall–Kier alpha value is -0.340. The van der Waals surface area contributed by atoms with Crippen LogP contribution >= 0.6 is 11.3 Å². The first kappa shape index (κ1) is 8.27. The molecule has 0 atom stereocenters. The number of hydrogen-bond donors (Lipinski definition) is 1. The zero-order chi connectivity index (χ0) is 8.72. The maximum absolute atomic E-state index is 4.18. The minimum atomic E-state index is 0.660. The molecule has 3 N–H and O–H groups in total. The molecule has 2 rings (SSSR count). The number of quaternary nitrogens is 1. The fraction of sp³-hybridized carbons (Fsp3) is 0.600. The SMILES string of the molecule is CC(C)c1sc2c(c1[NH3+])CCC2. The molecule has 1 nitrogen and oxygen atoms in total. The summed E-state index contributed by atoms with van der Waals surface area (Å²) in [5.41, 5.74) is 7.11. The number of thiophene rings is 1. The summed E-state index contributed by atoms with van der Waals surface area (Å²) in [5.74, 6) is 0.660. The molecule has 0 saturated carbocycles. The van der Waals surface area contributed by atoms with Crippen LogP contribution in [0.25, 0.3) is 0 Å². The summed E-state index contributed by atoms with van der Waals surface area (Å²) in [5, 5.41) is 0. The van der Waals surface area contributed by atoms with E-state index in [-0.39, 0.29) is 0 Å². The van der Waals surface area contributed by atoms with E-state index in [2.05, 4.69) is 19.6 Å². The normalized spacial score (nSPS) is 15.7. The Bertz CT molecular complexity index is 299. The van der Waals surface area contributed by atoms with Crippen molar-refractivity contribution < 1.29 is 5.73 Å². The van der Waals surface area contributed by atoms with Gasteiger partial charge in [0.1, 0.15) is 5.69 Å². The molecule has 1 aromatic heterocycles. The Labute approximate surface area is 77.6 Å². The van der Waals surface area contributed by atoms with Gasteiger partial charge in [-0.3, -0.25) is 0 Å². The van der Waals surface area contributed by atoms with Crippen LogP contribution in [0.2, 0.25) is 0 Å². The minimum Gasteiger partial charge on any atom is -0.324 e. The summed E-state index contributed by atoms with van der Waals surface area (Å²) in [6.45, 7) is 4.52. The first-order valence-corrected chi connectivity index (χ1v) is 5.48. The lowest BCUT2D eigenvalue weighted by Gasteiger charge is -2.00. The zero-order valence-corrected chi connectivity index (χ0v) is 8.63. The fourth-order valence-corrected chi connectivity index (χ4v) is 3.30. The van der Waals surface area contributed by atoms with E-state index in [4.69, 9.17) is 0 Å². The average molecular weight is 182 g/mol. The molecule has 0 aromatic carbocycles. The summed E-state index contributed by atoms with van der Waals surface area (Å²) >= 11 is 1.99. The smallest absolute Gasteiger partial charge is 0.145 e. The van der Waals surface area contributed by atoms with Crippen LogP contribution in [0.1, 0.15) is 41.5 Å². The van der Waals surface area contributed by atoms with E-state index in [1.54, 1.807) is 10.4 Å². The summed E-state index contributed by atoms with van der Waals surface area (Å²) in [6, 6.07) is 0. The zero-order valence-electron chi connectivity index (χ0n) is 7.81. The highest BCUT2D eigenvalue weighted by Gasteiger charge is 2.23. The van der Waals surface area contributed by atoms with Gasteiger partial charge in [0.15, 0.2) is 0 Å². The lowest BCUT2D eigenvalue weighted by atomic mass is 10.1. The van der Waals surface area contributed by atoms with Crippen LogP contribution in [0.15, 0.2) is 0 Å². The molecule has 0 amide bonds. The first-order chi connectivity index (χ1) is 5.70. The molecule has 2 heteroatoms. The quantitative estimate of drug-likeness (QED) is 0.690. The van der Waals surface area contributed by atoms with Crippen molar-refractivity contribution in [1.82, 2.24) is 0 Å². The van der Waals surface area contributed by atoms with Crippen molar-refractivity contribution in [1.29, 1.82) is 0 Å². The fourth-order valence-electron chi connectivity index (χ4n) is 1.96. The van der Waals surface area contributed by atoms with Gasteiger partial charge < -0.3 is 5.73 Å². The van der Waals surface area contributed by atoms with Crippen molar-refractivity contribution in [2.45, 2.75) is 39.0 Å². The molecular formula is C10H16NS+. The standard InChI is InChI=1S/C10H15NS/c1-6(2)10-9(11)7-4-3-5-8(7)12-10/h6H,3-5,11H2,1-2H3/p+1. The van der Waals surface area contributed by atoms with Gasteiger partial charge in [-0.15, -0.1) is 11.3 Å². The molecule has 1 aliphatic carbocycles. The molecule has 0 unspecified atom stereocenters. The summed E-state index contributed by atoms with van der Waals surface area (Å²) in [6.07, 6.45) is 3.93. The van der Waals surface area contributed by atoms with E-state index in [0.29, 0.717) is 5.92 Å². The molecule has 1 heterocycles. The van der Waals surface area contributed by atoms with Crippen LogP contribution in [0.4, 0.5) is 5.69 Å². The lowest BCUT2D eigenvalue weighted by molar-refractivity contribution is -0.256. The van der Waals surface area contributed by atoms with Gasteiger partial charge in [-0.05, 0) is 25.2 Å². The predicted molar refractivity (Wildman–Crippen MR) is 53.0 cm³/mol. The molecule has 1 aromatic rings. The molecule has 0 radical (unpaired) electrons. The Balaban J connectivity index is 2.47. The van der Waals surface area contributed by atoms with Crippen molar-refractivity contribution >= 4 is 17.0 Å². The van der Waals surface area contributed by atoms with Gasteiger partial charge in [0.05, 0.1) is 4.88 Å². The van der Waals surface area contributed by atoms with Crippen molar-refractivity contribution in [3.63, 3.8) is 0 Å². The number of hydrogen-bond acceptors (Lipinski definition) is 1. The van der Waals surface area contributed by atoms with Crippen molar-refractivity contribution in [3.05, 3.63) is 15.3 Å². The van der Waals surface area contributed by atoms with E-state index in [9.17, 15) is 0 Å². The second-order valence-electron chi connectivity index (χ2n) is 3.85. The Kier molecular flexibility index (Phi) is 1.97. The molecule has 0 bridgehead atoms. The maximum Gasteiger partial charge on any atom is 0.145 e. The molecule has 12 heavy (non-hydrogen) atoms. The van der Waals surface area contributed by atoms with E-state index in [1.165, 1.54) is 29.8 Å². The van der Waals surface area contributed by atoms with E-state index in [0.717, 1.165) is 0 Å². The molecule has 0 spiro atoms. The average Bonchev–Trinajstić information content (AvgIpc) is 2.53. The Morgan fingerprint density at radius 3 is 2.67 bits per heavy atom.